The number of hydrogen-bond donors (Lipinski definition) is 2. The molecule has 0 bridgehead atoms. The van der Waals surface area contributed by atoms with Crippen LogP contribution in [0.4, 0.5) is 5.69 Å². The second-order valence-corrected chi connectivity index (χ2v) is 5.96. The van der Waals surface area contributed by atoms with E-state index in [0.29, 0.717) is 5.02 Å². The fourth-order valence-electron chi connectivity index (χ4n) is 1.10. The van der Waals surface area contributed by atoms with Crippen LogP contribution in [0.25, 0.3) is 0 Å². The van der Waals surface area contributed by atoms with E-state index < -0.39 is 0 Å². The molecule has 0 saturated carbocycles. The highest BCUT2D eigenvalue weighted by Gasteiger charge is 2.18. The summed E-state index contributed by atoms with van der Waals surface area (Å²) < 4.78 is 0.919. The Morgan fingerprint density at radius 2 is 2.12 bits per heavy atom. The fraction of sp³-hybridized carbons (Fsp3) is 0.364. The van der Waals surface area contributed by atoms with Gasteiger partial charge in [0.05, 0.1) is 10.9 Å². The van der Waals surface area contributed by atoms with Crippen LogP contribution in [-0.4, -0.2) is 11.2 Å². The molecule has 0 aliphatic carbocycles. The number of thiol groups is 1. The van der Waals surface area contributed by atoms with Gasteiger partial charge in [0, 0.05) is 8.59 Å². The Bertz CT molecular complexity index is 398. The zero-order chi connectivity index (χ0) is 12.3. The third kappa shape index (κ3) is 3.82. The van der Waals surface area contributed by atoms with Gasteiger partial charge in [-0.25, -0.2) is 0 Å². The molecule has 1 aromatic carbocycles. The summed E-state index contributed by atoms with van der Waals surface area (Å²) in [4.78, 5) is 11.8. The zero-order valence-corrected chi connectivity index (χ0v) is 12.8. The number of hydrogen-bond acceptors (Lipinski definition) is 2. The van der Waals surface area contributed by atoms with Crippen molar-refractivity contribution in [3.8, 4) is 0 Å². The van der Waals surface area contributed by atoms with Gasteiger partial charge in [0.2, 0.25) is 5.91 Å². The van der Waals surface area contributed by atoms with Crippen molar-refractivity contribution in [2.45, 2.75) is 19.1 Å². The van der Waals surface area contributed by atoms with E-state index in [0.717, 1.165) is 9.26 Å². The lowest BCUT2D eigenvalue weighted by Crippen LogP contribution is -2.27. The average Bonchev–Trinajstić information content (AvgIpc) is 2.20. The summed E-state index contributed by atoms with van der Waals surface area (Å²) in [5.41, 5.74) is 0.773. The number of nitrogens with one attached hydrogen (secondary N) is 1. The molecule has 0 fully saturated rings. The van der Waals surface area contributed by atoms with Crippen LogP contribution in [0.2, 0.25) is 5.02 Å². The van der Waals surface area contributed by atoms with E-state index >= 15 is 0 Å². The van der Waals surface area contributed by atoms with Gasteiger partial charge in [-0.1, -0.05) is 25.4 Å². The standard InChI is InChI=1S/C11H13ClINOS/c1-6(2)10(16)11(15)14-9-4-3-7(12)5-8(9)13/h3-6,10,16H,1-2H3,(H,14,15). The van der Waals surface area contributed by atoms with E-state index in [1.165, 1.54) is 0 Å². The molecule has 0 spiro atoms. The maximum absolute atomic E-state index is 11.8. The van der Waals surface area contributed by atoms with Crippen LogP contribution in [0, 0.1) is 9.49 Å². The smallest absolute Gasteiger partial charge is 0.237 e. The average molecular weight is 370 g/mol. The molecule has 1 aromatic rings. The van der Waals surface area contributed by atoms with Gasteiger partial charge in [0.15, 0.2) is 0 Å². The van der Waals surface area contributed by atoms with Crippen molar-refractivity contribution in [3.63, 3.8) is 0 Å². The van der Waals surface area contributed by atoms with E-state index in [9.17, 15) is 4.79 Å². The minimum Gasteiger partial charge on any atom is -0.324 e. The second kappa shape index (κ2) is 6.12. The highest BCUT2D eigenvalue weighted by molar-refractivity contribution is 14.1. The van der Waals surface area contributed by atoms with E-state index in [4.69, 9.17) is 11.6 Å². The molecule has 16 heavy (non-hydrogen) atoms. The topological polar surface area (TPSA) is 29.1 Å². The first-order valence-corrected chi connectivity index (χ1v) is 6.83. The largest absolute Gasteiger partial charge is 0.324 e. The van der Waals surface area contributed by atoms with Gasteiger partial charge in [-0.3, -0.25) is 4.79 Å². The first-order chi connectivity index (χ1) is 7.41. The second-order valence-electron chi connectivity index (χ2n) is 3.80. The Kier molecular flexibility index (Phi) is 5.40. The summed E-state index contributed by atoms with van der Waals surface area (Å²) in [6.45, 7) is 3.92. The molecule has 1 amide bonds. The number of carbonyl (C=O) groups is 1. The first kappa shape index (κ1) is 14.1. The number of amides is 1. The SMILES string of the molecule is CC(C)C(S)C(=O)Nc1ccc(Cl)cc1I. The first-order valence-electron chi connectivity index (χ1n) is 4.86. The van der Waals surface area contributed by atoms with Gasteiger partial charge in [-0.2, -0.15) is 12.6 Å². The molecule has 1 rings (SSSR count). The summed E-state index contributed by atoms with van der Waals surface area (Å²) in [7, 11) is 0. The van der Waals surface area contributed by atoms with Crippen LogP contribution in [0.1, 0.15) is 13.8 Å². The minimum absolute atomic E-state index is 0.0847. The maximum atomic E-state index is 11.8. The fourth-order valence-corrected chi connectivity index (χ4v) is 2.17. The van der Waals surface area contributed by atoms with Crippen molar-refractivity contribution in [1.29, 1.82) is 0 Å². The highest BCUT2D eigenvalue weighted by atomic mass is 127. The zero-order valence-electron chi connectivity index (χ0n) is 9.00. The molecule has 5 heteroatoms. The van der Waals surface area contributed by atoms with Crippen LogP contribution < -0.4 is 5.32 Å². The van der Waals surface area contributed by atoms with Crippen LogP contribution in [-0.2, 0) is 4.79 Å². The lowest BCUT2D eigenvalue weighted by molar-refractivity contribution is -0.116. The van der Waals surface area contributed by atoms with E-state index in [2.05, 4.69) is 40.5 Å². The van der Waals surface area contributed by atoms with Gasteiger partial charge in [-0.05, 0) is 46.7 Å². The molecule has 0 aliphatic rings. The molecular weight excluding hydrogens is 357 g/mol. The van der Waals surface area contributed by atoms with Crippen molar-refractivity contribution >= 4 is 58.4 Å². The Balaban J connectivity index is 2.77. The van der Waals surface area contributed by atoms with Crippen molar-refractivity contribution in [2.24, 2.45) is 5.92 Å². The lowest BCUT2D eigenvalue weighted by Gasteiger charge is -2.15. The third-order valence-electron chi connectivity index (χ3n) is 2.09. The van der Waals surface area contributed by atoms with Gasteiger partial charge in [0.1, 0.15) is 0 Å². The van der Waals surface area contributed by atoms with Crippen molar-refractivity contribution in [1.82, 2.24) is 0 Å². The molecule has 0 heterocycles. The van der Waals surface area contributed by atoms with Gasteiger partial charge in [-0.15, -0.1) is 0 Å². The number of benzene rings is 1. The molecule has 0 aliphatic heterocycles. The van der Waals surface area contributed by atoms with Gasteiger partial charge in [0.25, 0.3) is 0 Å². The van der Waals surface area contributed by atoms with E-state index in [1.54, 1.807) is 18.2 Å². The predicted octanol–water partition coefficient (Wildman–Crippen LogP) is 3.84. The molecule has 1 unspecified atom stereocenters. The predicted molar refractivity (Wildman–Crippen MR) is 80.4 cm³/mol. The van der Waals surface area contributed by atoms with E-state index in [-0.39, 0.29) is 17.1 Å². The molecule has 0 radical (unpaired) electrons. The highest BCUT2D eigenvalue weighted by Crippen LogP contribution is 2.23. The van der Waals surface area contributed by atoms with Crippen molar-refractivity contribution < 1.29 is 4.79 Å². The summed E-state index contributed by atoms with van der Waals surface area (Å²) in [5.74, 6) is 0.117. The van der Waals surface area contributed by atoms with Gasteiger partial charge >= 0.3 is 0 Å². The number of halogens is 2. The Morgan fingerprint density at radius 3 is 2.62 bits per heavy atom. The van der Waals surface area contributed by atoms with Crippen LogP contribution in [0.15, 0.2) is 18.2 Å². The van der Waals surface area contributed by atoms with Crippen LogP contribution in [0.5, 0.6) is 0 Å². The monoisotopic (exact) mass is 369 g/mol. The Labute approximate surface area is 120 Å². The summed E-state index contributed by atoms with van der Waals surface area (Å²) >= 11 is 12.2. The summed E-state index contributed by atoms with van der Waals surface area (Å²) in [5, 5.41) is 3.20. The molecule has 1 N–H and O–H groups in total. The summed E-state index contributed by atoms with van der Waals surface area (Å²) in [6.07, 6.45) is 0. The van der Waals surface area contributed by atoms with Gasteiger partial charge < -0.3 is 5.32 Å². The normalized spacial score (nSPS) is 12.6. The third-order valence-corrected chi connectivity index (χ3v) is 4.05. The molecule has 0 aromatic heterocycles. The van der Waals surface area contributed by atoms with Crippen LogP contribution >= 0.6 is 46.8 Å². The number of carbonyl (C=O) groups excluding carboxylic acids is 1. The Hall–Kier alpha value is 0.0600. The molecule has 1 atom stereocenters. The van der Waals surface area contributed by atoms with Crippen LogP contribution in [0.3, 0.4) is 0 Å². The molecule has 0 saturated heterocycles. The Morgan fingerprint density at radius 1 is 1.50 bits per heavy atom. The lowest BCUT2D eigenvalue weighted by atomic mass is 10.1. The molecule has 2 nitrogen and oxygen atoms in total. The number of anilines is 1. The van der Waals surface area contributed by atoms with Crippen molar-refractivity contribution in [3.05, 3.63) is 26.8 Å². The summed E-state index contributed by atoms with van der Waals surface area (Å²) in [6, 6.07) is 5.35. The van der Waals surface area contributed by atoms with E-state index in [1.807, 2.05) is 13.8 Å². The minimum atomic E-state index is -0.300. The molecular formula is C11H13ClINOS. The number of rotatable bonds is 3. The quantitative estimate of drug-likeness (QED) is 0.615. The molecule has 88 valence electrons. The maximum Gasteiger partial charge on any atom is 0.237 e. The van der Waals surface area contributed by atoms with Crippen molar-refractivity contribution in [2.75, 3.05) is 5.32 Å².